The lowest BCUT2D eigenvalue weighted by Crippen LogP contribution is -3.11. The number of ether oxygens (including phenoxy) is 1. The molecular formula is C19H25N2O2S+. The number of quaternary nitrogens is 1. The van der Waals surface area contributed by atoms with Crippen molar-refractivity contribution in [3.8, 4) is 5.75 Å². The molecule has 4 nitrogen and oxygen atoms in total. The molecule has 1 aromatic carbocycles. The van der Waals surface area contributed by atoms with Crippen LogP contribution in [0.2, 0.25) is 0 Å². The molecule has 1 aliphatic heterocycles. The summed E-state index contributed by atoms with van der Waals surface area (Å²) in [6, 6.07) is 12.6. The number of likely N-dealkylation sites (tertiary alicyclic amines) is 1. The van der Waals surface area contributed by atoms with E-state index in [9.17, 15) is 4.79 Å². The quantitative estimate of drug-likeness (QED) is 0.804. The Kier molecular flexibility index (Phi) is 5.88. The van der Waals surface area contributed by atoms with Crippen molar-refractivity contribution in [1.82, 2.24) is 5.32 Å². The van der Waals surface area contributed by atoms with Gasteiger partial charge in [-0.25, -0.2) is 0 Å². The number of benzene rings is 1. The molecule has 1 saturated heterocycles. The van der Waals surface area contributed by atoms with E-state index in [1.54, 1.807) is 23.3 Å². The average Bonchev–Trinajstić information content (AvgIpc) is 3.30. The Labute approximate surface area is 147 Å². The first kappa shape index (κ1) is 17.0. The molecule has 2 N–H and O–H groups in total. The lowest BCUT2D eigenvalue weighted by molar-refractivity contribution is -0.918. The second-order valence-corrected chi connectivity index (χ2v) is 7.28. The third-order valence-electron chi connectivity index (χ3n) is 4.67. The molecule has 0 unspecified atom stereocenters. The van der Waals surface area contributed by atoms with Crippen molar-refractivity contribution in [2.75, 3.05) is 26.7 Å². The monoisotopic (exact) mass is 345 g/mol. The summed E-state index contributed by atoms with van der Waals surface area (Å²) < 4.78 is 5.26. The molecule has 3 rings (SSSR count). The Morgan fingerprint density at radius 1 is 1.25 bits per heavy atom. The first-order chi connectivity index (χ1) is 11.8. The fourth-order valence-electron chi connectivity index (χ4n) is 3.36. The van der Waals surface area contributed by atoms with E-state index >= 15 is 0 Å². The molecule has 0 bridgehead atoms. The normalized spacial score (nSPS) is 16.0. The van der Waals surface area contributed by atoms with E-state index in [2.05, 4.69) is 17.4 Å². The van der Waals surface area contributed by atoms with Crippen LogP contribution >= 0.6 is 11.3 Å². The predicted octanol–water partition coefficient (Wildman–Crippen LogP) is 1.84. The molecule has 2 aromatic rings. The number of thiophene rings is 1. The van der Waals surface area contributed by atoms with Gasteiger partial charge < -0.3 is 15.0 Å². The van der Waals surface area contributed by atoms with E-state index in [0.29, 0.717) is 19.0 Å². The lowest BCUT2D eigenvalue weighted by Gasteiger charge is -2.25. The highest BCUT2D eigenvalue weighted by Crippen LogP contribution is 2.17. The molecule has 5 heteroatoms. The molecule has 0 radical (unpaired) electrons. The molecule has 1 atom stereocenters. The van der Waals surface area contributed by atoms with E-state index in [4.69, 9.17) is 4.74 Å². The molecule has 2 heterocycles. The van der Waals surface area contributed by atoms with Crippen LogP contribution in [0.3, 0.4) is 0 Å². The lowest BCUT2D eigenvalue weighted by atomic mass is 10.1. The van der Waals surface area contributed by atoms with Crippen LogP contribution in [0.1, 0.15) is 29.3 Å². The molecule has 1 aromatic heterocycles. The summed E-state index contributed by atoms with van der Waals surface area (Å²) in [5.74, 6) is 0.977. The van der Waals surface area contributed by atoms with Gasteiger partial charge in [0.1, 0.15) is 11.8 Å². The zero-order valence-corrected chi connectivity index (χ0v) is 14.9. The maximum absolute atomic E-state index is 12.2. The summed E-state index contributed by atoms with van der Waals surface area (Å²) in [6.45, 7) is 3.04. The summed E-state index contributed by atoms with van der Waals surface area (Å²) in [5, 5.41) is 5.15. The van der Waals surface area contributed by atoms with E-state index < -0.39 is 0 Å². The minimum Gasteiger partial charge on any atom is -0.497 e. The van der Waals surface area contributed by atoms with Gasteiger partial charge in [0, 0.05) is 23.3 Å². The highest BCUT2D eigenvalue weighted by atomic mass is 32.1. The third kappa shape index (κ3) is 4.36. The zero-order valence-electron chi connectivity index (χ0n) is 14.1. The fraction of sp³-hybridized carbons (Fsp3) is 0.421. The second kappa shape index (κ2) is 8.31. The highest BCUT2D eigenvalue weighted by molar-refractivity contribution is 7.10. The van der Waals surface area contributed by atoms with Crippen LogP contribution < -0.4 is 15.0 Å². The van der Waals surface area contributed by atoms with Gasteiger partial charge in [0.25, 0.3) is 0 Å². The SMILES string of the molecule is COc1ccc([C@@H](CNC(=O)Cc2cccs2)[NH+]2CCCC2)cc1. The number of rotatable bonds is 7. The van der Waals surface area contributed by atoms with Crippen LogP contribution in [0, 0.1) is 0 Å². The molecule has 0 spiro atoms. The predicted molar refractivity (Wildman–Crippen MR) is 96.7 cm³/mol. The van der Waals surface area contributed by atoms with Crippen molar-refractivity contribution in [3.05, 3.63) is 52.2 Å². The zero-order chi connectivity index (χ0) is 16.8. The Hall–Kier alpha value is -1.85. The first-order valence-electron chi connectivity index (χ1n) is 8.54. The second-order valence-electron chi connectivity index (χ2n) is 6.25. The van der Waals surface area contributed by atoms with Crippen molar-refractivity contribution in [3.63, 3.8) is 0 Å². The summed E-state index contributed by atoms with van der Waals surface area (Å²) >= 11 is 1.63. The van der Waals surface area contributed by atoms with Gasteiger partial charge in [0.05, 0.1) is 33.2 Å². The number of hydrogen-bond acceptors (Lipinski definition) is 3. The molecule has 128 valence electrons. The van der Waals surface area contributed by atoms with Crippen LogP contribution in [0.25, 0.3) is 0 Å². The minimum absolute atomic E-state index is 0.106. The van der Waals surface area contributed by atoms with E-state index in [0.717, 1.165) is 10.6 Å². The van der Waals surface area contributed by atoms with Gasteiger partial charge in [-0.1, -0.05) is 6.07 Å². The van der Waals surface area contributed by atoms with Crippen LogP contribution in [0.15, 0.2) is 41.8 Å². The minimum atomic E-state index is 0.106. The van der Waals surface area contributed by atoms with Crippen LogP contribution in [-0.4, -0.2) is 32.7 Å². The van der Waals surface area contributed by atoms with Gasteiger partial charge in [-0.05, 0) is 35.7 Å². The molecule has 0 saturated carbocycles. The molecule has 1 aliphatic rings. The van der Waals surface area contributed by atoms with Gasteiger partial charge in [0.15, 0.2) is 0 Å². The van der Waals surface area contributed by atoms with Crippen molar-refractivity contribution >= 4 is 17.2 Å². The van der Waals surface area contributed by atoms with E-state index in [-0.39, 0.29) is 5.91 Å². The number of carbonyl (C=O) groups is 1. The maximum Gasteiger partial charge on any atom is 0.225 e. The van der Waals surface area contributed by atoms with Crippen LogP contribution in [0.4, 0.5) is 0 Å². The molecule has 1 amide bonds. The number of nitrogens with one attached hydrogen (secondary N) is 2. The Balaban J connectivity index is 1.64. The fourth-order valence-corrected chi connectivity index (χ4v) is 4.06. The van der Waals surface area contributed by atoms with Gasteiger partial charge in [-0.15, -0.1) is 11.3 Å². The highest BCUT2D eigenvalue weighted by Gasteiger charge is 2.27. The average molecular weight is 345 g/mol. The Bertz CT molecular complexity index is 634. The van der Waals surface area contributed by atoms with Crippen LogP contribution in [0.5, 0.6) is 5.75 Å². The first-order valence-corrected chi connectivity index (χ1v) is 9.42. The van der Waals surface area contributed by atoms with E-state index in [1.807, 2.05) is 29.6 Å². The summed E-state index contributed by atoms with van der Waals surface area (Å²) in [4.78, 5) is 14.9. The van der Waals surface area contributed by atoms with E-state index in [1.165, 1.54) is 31.5 Å². The van der Waals surface area contributed by atoms with Gasteiger partial charge in [-0.3, -0.25) is 4.79 Å². The molecule has 24 heavy (non-hydrogen) atoms. The molecular weight excluding hydrogens is 320 g/mol. The number of amides is 1. The van der Waals surface area contributed by atoms with Crippen molar-refractivity contribution in [1.29, 1.82) is 0 Å². The smallest absolute Gasteiger partial charge is 0.225 e. The summed E-state index contributed by atoms with van der Waals surface area (Å²) in [6.07, 6.45) is 3.01. The van der Waals surface area contributed by atoms with Crippen LogP contribution in [-0.2, 0) is 11.2 Å². The topological polar surface area (TPSA) is 42.8 Å². The Morgan fingerprint density at radius 3 is 2.62 bits per heavy atom. The molecule has 1 fully saturated rings. The number of methoxy groups -OCH3 is 1. The summed E-state index contributed by atoms with van der Waals surface area (Å²) in [7, 11) is 1.68. The Morgan fingerprint density at radius 2 is 2.00 bits per heavy atom. The maximum atomic E-state index is 12.2. The number of carbonyl (C=O) groups excluding carboxylic acids is 1. The van der Waals surface area contributed by atoms with Gasteiger partial charge >= 0.3 is 0 Å². The van der Waals surface area contributed by atoms with Crippen molar-refractivity contribution in [2.45, 2.75) is 25.3 Å². The van der Waals surface area contributed by atoms with Crippen molar-refractivity contribution in [2.24, 2.45) is 0 Å². The standard InChI is InChI=1S/C19H24N2O2S/c1-23-16-8-6-15(7-9-16)18(21-10-2-3-11-21)14-20-19(22)13-17-5-4-12-24-17/h4-9,12,18H,2-3,10-11,13-14H2,1H3,(H,20,22)/p+1/t18-/m1/s1. The van der Waals surface area contributed by atoms with Crippen molar-refractivity contribution < 1.29 is 14.4 Å². The van der Waals surface area contributed by atoms with Gasteiger partial charge in [0.2, 0.25) is 5.91 Å². The molecule has 0 aliphatic carbocycles. The third-order valence-corrected chi connectivity index (χ3v) is 5.55. The van der Waals surface area contributed by atoms with Gasteiger partial charge in [-0.2, -0.15) is 0 Å². The number of hydrogen-bond donors (Lipinski definition) is 2. The largest absolute Gasteiger partial charge is 0.497 e. The summed E-state index contributed by atoms with van der Waals surface area (Å²) in [5.41, 5.74) is 1.27.